The number of phosphoric ester groups is 1. The quantitative estimate of drug-likeness (QED) is 0.0205. The predicted molar refractivity (Wildman–Crippen MR) is 397 cm³/mol. The van der Waals surface area contributed by atoms with E-state index >= 15 is 0 Å². The minimum absolute atomic E-state index is 0.0424. The van der Waals surface area contributed by atoms with Crippen molar-refractivity contribution in [3.63, 3.8) is 0 Å². The SMILES string of the molecule is CCCCC/C=C\C/C=C\C/C=C\CCCCCCCCCCCCCCC(=O)OC(/C=C/CCCCCCCCCCCCC)C(COP(=O)(O)OCC[N+](C)(C)C)NC(=O)CCCCCCCCCCCCCCCCCCCCCCCCCCCCC. The number of hydrogen-bond donors (Lipinski definition) is 2. The Morgan fingerprint density at radius 2 is 0.670 bits per heavy atom. The average Bonchev–Trinajstić information content (AvgIpc) is 3.70. The molecule has 0 aromatic carbocycles. The van der Waals surface area contributed by atoms with E-state index in [2.05, 4.69) is 68.6 Å². The Balaban J connectivity index is 4.94. The number of phosphoric acid groups is 1. The Labute approximate surface area is 567 Å². The monoisotopic (exact) mass is 1300 g/mol. The smallest absolute Gasteiger partial charge is 0.456 e. The maximum atomic E-state index is 13.7. The van der Waals surface area contributed by atoms with Crippen molar-refractivity contribution in [3.05, 3.63) is 48.6 Å². The van der Waals surface area contributed by atoms with Crippen LogP contribution >= 0.6 is 7.82 Å². The van der Waals surface area contributed by atoms with E-state index < -0.39 is 20.0 Å². The number of nitrogens with one attached hydrogen (secondary N) is 1. The van der Waals surface area contributed by atoms with E-state index in [4.69, 9.17) is 13.8 Å². The topological polar surface area (TPSA) is 111 Å². The van der Waals surface area contributed by atoms with Crippen LogP contribution in [0.25, 0.3) is 0 Å². The molecule has 0 aliphatic carbocycles. The summed E-state index contributed by atoms with van der Waals surface area (Å²) < 4.78 is 31.0. The van der Waals surface area contributed by atoms with E-state index in [1.54, 1.807) is 0 Å². The minimum Gasteiger partial charge on any atom is -0.456 e. The second-order valence-corrected chi connectivity index (χ2v) is 30.1. The van der Waals surface area contributed by atoms with Crippen molar-refractivity contribution >= 4 is 19.7 Å². The second kappa shape index (κ2) is 70.8. The summed E-state index contributed by atoms with van der Waals surface area (Å²) in [6.45, 7) is 7.06. The lowest BCUT2D eigenvalue weighted by molar-refractivity contribution is -0.870. The first-order valence-electron chi connectivity index (χ1n) is 40.0. The zero-order valence-electron chi connectivity index (χ0n) is 61.6. The Kier molecular flexibility index (Phi) is 69.2. The summed E-state index contributed by atoms with van der Waals surface area (Å²) in [5.41, 5.74) is 0. The van der Waals surface area contributed by atoms with Gasteiger partial charge in [-0.05, 0) is 70.3 Å². The summed E-state index contributed by atoms with van der Waals surface area (Å²) in [6.07, 6.45) is 91.5. The molecule has 9 nitrogen and oxygen atoms in total. The van der Waals surface area contributed by atoms with Gasteiger partial charge in [0.1, 0.15) is 19.3 Å². The number of hydrogen-bond acceptors (Lipinski definition) is 6. The molecule has 3 unspecified atom stereocenters. The van der Waals surface area contributed by atoms with Crippen LogP contribution in [0, 0.1) is 0 Å². The summed E-state index contributed by atoms with van der Waals surface area (Å²) >= 11 is 0. The molecule has 10 heteroatoms. The highest BCUT2D eigenvalue weighted by Crippen LogP contribution is 2.43. The molecule has 0 radical (unpaired) electrons. The predicted octanol–water partition coefficient (Wildman–Crippen LogP) is 25.9. The van der Waals surface area contributed by atoms with E-state index in [1.807, 2.05) is 27.2 Å². The van der Waals surface area contributed by atoms with E-state index in [1.165, 1.54) is 302 Å². The Hall–Kier alpha value is -2.03. The van der Waals surface area contributed by atoms with E-state index in [0.29, 0.717) is 23.9 Å². The van der Waals surface area contributed by atoms with Gasteiger partial charge in [0.25, 0.3) is 0 Å². The van der Waals surface area contributed by atoms with Crippen molar-refractivity contribution in [3.8, 4) is 0 Å². The highest BCUT2D eigenvalue weighted by molar-refractivity contribution is 7.47. The molecular formula is C81H156N2O7P+. The van der Waals surface area contributed by atoms with Crippen LogP contribution in [0.5, 0.6) is 0 Å². The maximum absolute atomic E-state index is 13.7. The molecule has 0 heterocycles. The van der Waals surface area contributed by atoms with Gasteiger partial charge in [0.05, 0.1) is 33.8 Å². The molecule has 91 heavy (non-hydrogen) atoms. The molecule has 1 amide bonds. The number of ether oxygens (including phenoxy) is 1. The van der Waals surface area contributed by atoms with Gasteiger partial charge in [-0.25, -0.2) is 4.57 Å². The van der Waals surface area contributed by atoms with Gasteiger partial charge in [-0.2, -0.15) is 0 Å². The van der Waals surface area contributed by atoms with Crippen LogP contribution < -0.4 is 5.32 Å². The molecule has 0 aliphatic rings. The Morgan fingerprint density at radius 1 is 0.385 bits per heavy atom. The first-order chi connectivity index (χ1) is 44.4. The summed E-state index contributed by atoms with van der Waals surface area (Å²) in [7, 11) is 1.51. The Bertz CT molecular complexity index is 1690. The lowest BCUT2D eigenvalue weighted by Crippen LogP contribution is -2.47. The molecule has 0 aromatic heterocycles. The van der Waals surface area contributed by atoms with Gasteiger partial charge >= 0.3 is 13.8 Å². The highest BCUT2D eigenvalue weighted by Gasteiger charge is 2.30. The minimum atomic E-state index is -4.46. The van der Waals surface area contributed by atoms with Gasteiger partial charge in [0, 0.05) is 12.8 Å². The van der Waals surface area contributed by atoms with E-state index in [-0.39, 0.29) is 25.1 Å². The molecule has 0 aromatic rings. The lowest BCUT2D eigenvalue weighted by Gasteiger charge is -2.27. The third kappa shape index (κ3) is 72.1. The van der Waals surface area contributed by atoms with Crippen LogP contribution in [-0.4, -0.2) is 74.3 Å². The summed E-state index contributed by atoms with van der Waals surface area (Å²) in [6, 6.07) is -0.848. The normalized spacial score (nSPS) is 13.6. The zero-order chi connectivity index (χ0) is 66.3. The van der Waals surface area contributed by atoms with Gasteiger partial charge in [-0.3, -0.25) is 18.6 Å². The number of nitrogens with zero attached hydrogens (tertiary/aromatic N) is 1. The molecule has 0 spiro atoms. The first-order valence-corrected chi connectivity index (χ1v) is 41.5. The highest BCUT2D eigenvalue weighted by atomic mass is 31.2. The fraction of sp³-hybridized carbons (Fsp3) is 0.877. The van der Waals surface area contributed by atoms with Gasteiger partial charge in [0.15, 0.2) is 0 Å². The third-order valence-corrected chi connectivity index (χ3v) is 19.3. The Morgan fingerprint density at radius 3 is 1.02 bits per heavy atom. The van der Waals surface area contributed by atoms with Crippen LogP contribution in [0.4, 0.5) is 0 Å². The number of likely N-dealkylation sites (N-methyl/N-ethyl adjacent to an activating group) is 1. The molecular weight excluding hydrogens is 1140 g/mol. The molecule has 2 N–H and O–H groups in total. The second-order valence-electron chi connectivity index (χ2n) is 28.6. The number of allylic oxidation sites excluding steroid dienone is 7. The number of unbranched alkanes of at least 4 members (excludes halogenated alkanes) is 52. The van der Waals surface area contributed by atoms with E-state index in [0.717, 1.165) is 70.6 Å². The summed E-state index contributed by atoms with van der Waals surface area (Å²) in [5.74, 6) is -0.484. The fourth-order valence-electron chi connectivity index (χ4n) is 12.1. The van der Waals surface area contributed by atoms with Gasteiger partial charge in [-0.1, -0.05) is 372 Å². The van der Waals surface area contributed by atoms with Crippen LogP contribution in [-0.2, 0) is 27.9 Å². The average molecular weight is 1300 g/mol. The van der Waals surface area contributed by atoms with Crippen molar-refractivity contribution in [2.75, 3.05) is 40.9 Å². The van der Waals surface area contributed by atoms with Gasteiger partial charge in [-0.15, -0.1) is 0 Å². The van der Waals surface area contributed by atoms with Crippen LogP contribution in [0.3, 0.4) is 0 Å². The molecule has 0 aliphatic heterocycles. The van der Waals surface area contributed by atoms with Crippen LogP contribution in [0.1, 0.15) is 406 Å². The molecule has 536 valence electrons. The number of esters is 1. The van der Waals surface area contributed by atoms with Crippen LogP contribution in [0.2, 0.25) is 0 Å². The van der Waals surface area contributed by atoms with Crippen LogP contribution in [0.15, 0.2) is 48.6 Å². The number of amides is 1. The van der Waals surface area contributed by atoms with Crippen molar-refractivity contribution in [2.24, 2.45) is 0 Å². The standard InChI is InChI=1S/C81H155N2O7P/c1-7-10-13-16-19-22-25-28-30-32-34-36-38-40-41-43-44-46-48-50-52-55-58-61-64-67-70-73-80(84)82-78(77-89-91(86,87)88-76-75-83(4,5)6)79(72-69-66-63-60-57-54-27-24-21-18-15-12-9-3)90-81(85)74-71-68-65-62-59-56-53-51-49-47-45-42-39-37-35-33-31-29-26-23-20-17-14-11-8-2/h20,23,29,31,35,37,69,72,78-79H,7-19,21-22,24-28,30,32-34,36,38-68,70-71,73-77H2,1-6H3,(H-,82,84,86,87)/p+1/b23-20-,31-29-,37-35-,72-69+. The maximum Gasteiger partial charge on any atom is 0.472 e. The molecule has 0 saturated heterocycles. The first kappa shape index (κ1) is 89.0. The number of carbonyl (C=O) groups excluding carboxylic acids is 2. The summed E-state index contributed by atoms with van der Waals surface area (Å²) in [5, 5.41) is 3.09. The number of carbonyl (C=O) groups is 2. The molecule has 3 atom stereocenters. The largest absolute Gasteiger partial charge is 0.472 e. The number of rotatable bonds is 74. The van der Waals surface area contributed by atoms with Crippen molar-refractivity contribution in [1.82, 2.24) is 5.32 Å². The molecule has 0 rings (SSSR count). The molecule has 0 bridgehead atoms. The van der Waals surface area contributed by atoms with Crippen molar-refractivity contribution in [1.29, 1.82) is 0 Å². The summed E-state index contributed by atoms with van der Waals surface area (Å²) in [4.78, 5) is 38.1. The molecule has 0 saturated carbocycles. The zero-order valence-corrected chi connectivity index (χ0v) is 62.5. The van der Waals surface area contributed by atoms with E-state index in [9.17, 15) is 19.0 Å². The fourth-order valence-corrected chi connectivity index (χ4v) is 12.9. The van der Waals surface area contributed by atoms with Crippen molar-refractivity contribution < 1.29 is 37.3 Å². The third-order valence-electron chi connectivity index (χ3n) is 18.3. The molecule has 0 fully saturated rings. The van der Waals surface area contributed by atoms with Gasteiger partial charge < -0.3 is 19.4 Å². The lowest BCUT2D eigenvalue weighted by atomic mass is 10.0. The van der Waals surface area contributed by atoms with Gasteiger partial charge in [0.2, 0.25) is 5.91 Å². The van der Waals surface area contributed by atoms with Crippen molar-refractivity contribution in [2.45, 2.75) is 418 Å². The number of quaternary nitrogens is 1.